The fourth-order valence-corrected chi connectivity index (χ4v) is 1.09. The smallest absolute Gasteiger partial charge is 0.240 e. The van der Waals surface area contributed by atoms with Gasteiger partial charge >= 0.3 is 0 Å². The zero-order valence-corrected chi connectivity index (χ0v) is 7.70. The van der Waals surface area contributed by atoms with Gasteiger partial charge in [0.1, 0.15) is 5.75 Å². The monoisotopic (exact) mass is 177 g/mol. The predicted molar refractivity (Wildman–Crippen MR) is 50.1 cm³/mol. The summed E-state index contributed by atoms with van der Waals surface area (Å²) in [7, 11) is 0. The van der Waals surface area contributed by atoms with Gasteiger partial charge in [0.15, 0.2) is 0 Å². The topological polar surface area (TPSA) is 38.7 Å². The van der Waals surface area contributed by atoms with E-state index in [2.05, 4.69) is 4.99 Å². The SMILES string of the molecule is CCOc1cccc(N=C=O)c1C. The van der Waals surface area contributed by atoms with E-state index >= 15 is 0 Å². The van der Waals surface area contributed by atoms with Crippen molar-refractivity contribution in [2.24, 2.45) is 4.99 Å². The molecule has 0 atom stereocenters. The number of ether oxygens (including phenoxy) is 1. The molecule has 0 aliphatic rings. The maximum Gasteiger partial charge on any atom is 0.240 e. The zero-order valence-electron chi connectivity index (χ0n) is 7.70. The lowest BCUT2D eigenvalue weighted by molar-refractivity contribution is 0.338. The molecule has 1 aromatic rings. The predicted octanol–water partition coefficient (Wildman–Crippen LogP) is 2.36. The highest BCUT2D eigenvalue weighted by atomic mass is 16.5. The molecule has 0 aromatic heterocycles. The highest BCUT2D eigenvalue weighted by Crippen LogP contribution is 2.26. The summed E-state index contributed by atoms with van der Waals surface area (Å²) < 4.78 is 5.33. The summed E-state index contributed by atoms with van der Waals surface area (Å²) in [5.41, 5.74) is 1.48. The van der Waals surface area contributed by atoms with Crippen molar-refractivity contribution in [1.82, 2.24) is 0 Å². The van der Waals surface area contributed by atoms with Crippen LogP contribution in [-0.4, -0.2) is 12.7 Å². The maximum absolute atomic E-state index is 10.1. The van der Waals surface area contributed by atoms with Crippen LogP contribution in [0.5, 0.6) is 5.75 Å². The molecule has 0 saturated carbocycles. The van der Waals surface area contributed by atoms with Gasteiger partial charge in [0.25, 0.3) is 0 Å². The Bertz CT molecular complexity index is 341. The molecule has 0 spiro atoms. The van der Waals surface area contributed by atoms with Crippen LogP contribution in [0.25, 0.3) is 0 Å². The van der Waals surface area contributed by atoms with E-state index in [9.17, 15) is 4.79 Å². The minimum Gasteiger partial charge on any atom is -0.494 e. The van der Waals surface area contributed by atoms with E-state index in [4.69, 9.17) is 4.74 Å². The minimum absolute atomic E-state index is 0.606. The van der Waals surface area contributed by atoms with Crippen molar-refractivity contribution in [3.63, 3.8) is 0 Å². The maximum atomic E-state index is 10.1. The first-order valence-electron chi connectivity index (χ1n) is 4.10. The van der Waals surface area contributed by atoms with Crippen LogP contribution >= 0.6 is 0 Å². The lowest BCUT2D eigenvalue weighted by Gasteiger charge is -2.07. The van der Waals surface area contributed by atoms with Crippen molar-refractivity contribution in [3.8, 4) is 5.75 Å². The normalized spacial score (nSPS) is 9.08. The summed E-state index contributed by atoms with van der Waals surface area (Å²) in [6.07, 6.45) is 1.51. The molecular weight excluding hydrogens is 166 g/mol. The van der Waals surface area contributed by atoms with Crippen molar-refractivity contribution >= 4 is 11.8 Å². The number of aliphatic imine (C=N–C) groups is 1. The second-order valence-electron chi connectivity index (χ2n) is 2.54. The van der Waals surface area contributed by atoms with Gasteiger partial charge < -0.3 is 4.74 Å². The van der Waals surface area contributed by atoms with Crippen LogP contribution in [0.4, 0.5) is 5.69 Å². The Morgan fingerprint density at radius 1 is 1.54 bits per heavy atom. The van der Waals surface area contributed by atoms with E-state index in [0.717, 1.165) is 11.3 Å². The molecule has 1 aromatic carbocycles. The van der Waals surface area contributed by atoms with E-state index in [1.807, 2.05) is 19.9 Å². The number of rotatable bonds is 3. The summed E-state index contributed by atoms with van der Waals surface area (Å²) >= 11 is 0. The van der Waals surface area contributed by atoms with E-state index < -0.39 is 0 Å². The first kappa shape index (κ1) is 9.49. The molecule has 3 heteroatoms. The zero-order chi connectivity index (χ0) is 9.68. The molecule has 0 amide bonds. The number of hydrogen-bond acceptors (Lipinski definition) is 3. The Morgan fingerprint density at radius 3 is 2.92 bits per heavy atom. The first-order chi connectivity index (χ1) is 6.29. The molecule has 0 radical (unpaired) electrons. The average Bonchev–Trinajstić information content (AvgIpc) is 2.13. The summed E-state index contributed by atoms with van der Waals surface area (Å²) in [5.74, 6) is 0.763. The highest BCUT2D eigenvalue weighted by molar-refractivity contribution is 5.57. The molecule has 0 unspecified atom stereocenters. The Kier molecular flexibility index (Phi) is 3.23. The molecule has 0 N–H and O–H groups in total. The third kappa shape index (κ3) is 2.17. The van der Waals surface area contributed by atoms with Gasteiger partial charge in [0.2, 0.25) is 6.08 Å². The van der Waals surface area contributed by atoms with Gasteiger partial charge in [-0.1, -0.05) is 6.07 Å². The van der Waals surface area contributed by atoms with Crippen LogP contribution in [0.3, 0.4) is 0 Å². The molecule has 13 heavy (non-hydrogen) atoms. The second-order valence-corrected chi connectivity index (χ2v) is 2.54. The van der Waals surface area contributed by atoms with Gasteiger partial charge in [-0.05, 0) is 26.0 Å². The molecule has 0 bridgehead atoms. The van der Waals surface area contributed by atoms with E-state index in [1.165, 1.54) is 6.08 Å². The van der Waals surface area contributed by atoms with Gasteiger partial charge in [-0.25, -0.2) is 4.79 Å². The molecule has 0 aliphatic heterocycles. The van der Waals surface area contributed by atoms with Crippen molar-refractivity contribution in [2.75, 3.05) is 6.61 Å². The third-order valence-corrected chi connectivity index (χ3v) is 1.72. The largest absolute Gasteiger partial charge is 0.494 e. The Morgan fingerprint density at radius 2 is 2.31 bits per heavy atom. The molecule has 1 rings (SSSR count). The van der Waals surface area contributed by atoms with Gasteiger partial charge in [0.05, 0.1) is 12.3 Å². The van der Waals surface area contributed by atoms with Crippen LogP contribution in [0.2, 0.25) is 0 Å². The lowest BCUT2D eigenvalue weighted by atomic mass is 10.2. The van der Waals surface area contributed by atoms with Crippen LogP contribution in [0, 0.1) is 6.92 Å². The highest BCUT2D eigenvalue weighted by Gasteiger charge is 2.02. The van der Waals surface area contributed by atoms with Crippen molar-refractivity contribution in [3.05, 3.63) is 23.8 Å². The molecule has 0 fully saturated rings. The molecular formula is C10H11NO2. The minimum atomic E-state index is 0.606. The van der Waals surface area contributed by atoms with Gasteiger partial charge in [-0.15, -0.1) is 0 Å². The fourth-order valence-electron chi connectivity index (χ4n) is 1.09. The Hall–Kier alpha value is -1.60. The second kappa shape index (κ2) is 4.43. The quantitative estimate of drug-likeness (QED) is 0.525. The number of isocyanates is 1. The first-order valence-corrected chi connectivity index (χ1v) is 4.10. The Balaban J connectivity index is 3.10. The van der Waals surface area contributed by atoms with E-state index in [-0.39, 0.29) is 0 Å². The van der Waals surface area contributed by atoms with Crippen molar-refractivity contribution < 1.29 is 9.53 Å². The molecule has 68 valence electrons. The van der Waals surface area contributed by atoms with Crippen LogP contribution < -0.4 is 4.74 Å². The van der Waals surface area contributed by atoms with Gasteiger partial charge in [-0.3, -0.25) is 0 Å². The van der Waals surface area contributed by atoms with E-state index in [1.54, 1.807) is 12.1 Å². The Labute approximate surface area is 77.1 Å². The van der Waals surface area contributed by atoms with Crippen molar-refractivity contribution in [1.29, 1.82) is 0 Å². The molecule has 0 aliphatic carbocycles. The van der Waals surface area contributed by atoms with Crippen LogP contribution in [0.15, 0.2) is 23.2 Å². The summed E-state index contributed by atoms with van der Waals surface area (Å²) in [6, 6.07) is 5.40. The molecule has 0 heterocycles. The third-order valence-electron chi connectivity index (χ3n) is 1.72. The van der Waals surface area contributed by atoms with E-state index in [0.29, 0.717) is 12.3 Å². The summed E-state index contributed by atoms with van der Waals surface area (Å²) in [4.78, 5) is 13.6. The van der Waals surface area contributed by atoms with Crippen LogP contribution in [0.1, 0.15) is 12.5 Å². The average molecular weight is 177 g/mol. The van der Waals surface area contributed by atoms with Crippen molar-refractivity contribution in [2.45, 2.75) is 13.8 Å². The number of benzene rings is 1. The summed E-state index contributed by atoms with van der Waals surface area (Å²) in [6.45, 7) is 4.38. The number of hydrogen-bond donors (Lipinski definition) is 0. The molecule has 0 saturated heterocycles. The fraction of sp³-hybridized carbons (Fsp3) is 0.300. The van der Waals surface area contributed by atoms with Crippen LogP contribution in [-0.2, 0) is 4.79 Å². The molecule has 3 nitrogen and oxygen atoms in total. The van der Waals surface area contributed by atoms with Gasteiger partial charge in [0, 0.05) is 5.56 Å². The lowest BCUT2D eigenvalue weighted by Crippen LogP contribution is -1.93. The number of carbonyl (C=O) groups excluding carboxylic acids is 1. The number of nitrogens with zero attached hydrogens (tertiary/aromatic N) is 1. The summed E-state index contributed by atoms with van der Waals surface area (Å²) in [5, 5.41) is 0. The van der Waals surface area contributed by atoms with Gasteiger partial charge in [-0.2, -0.15) is 4.99 Å². The standard InChI is InChI=1S/C10H11NO2/c1-3-13-10-6-4-5-9(8(10)2)11-7-12/h4-6H,3H2,1-2H3.